The lowest BCUT2D eigenvalue weighted by Crippen LogP contribution is -2.49. The van der Waals surface area contributed by atoms with Crippen LogP contribution in [0.3, 0.4) is 0 Å². The number of rotatable bonds is 6. The van der Waals surface area contributed by atoms with E-state index in [0.717, 1.165) is 0 Å². The molecule has 0 atom stereocenters. The van der Waals surface area contributed by atoms with Gasteiger partial charge in [-0.15, -0.1) is 0 Å². The molecule has 1 heterocycles. The first-order valence-corrected chi connectivity index (χ1v) is 12.2. The van der Waals surface area contributed by atoms with Crippen molar-refractivity contribution < 1.29 is 22.7 Å². The summed E-state index contributed by atoms with van der Waals surface area (Å²) >= 11 is 6.11. The van der Waals surface area contributed by atoms with Crippen molar-refractivity contribution in [2.75, 3.05) is 5.32 Å². The largest absolute Gasteiger partial charge is 0.489 e. The molecule has 3 rings (SSSR count). The maximum Gasteiger partial charge on any atom is 0.241 e. The highest BCUT2D eigenvalue weighted by molar-refractivity contribution is 7.89. The fourth-order valence-electron chi connectivity index (χ4n) is 4.19. The highest BCUT2D eigenvalue weighted by Crippen LogP contribution is 2.38. The number of hydrogen-bond acceptors (Lipinski definition) is 5. The standard InChI is InChI=1S/C23H29ClN2O5S/c1-22(2)13-17(14-23(3,4)31-22)30-19-10-9-16(12-20(19)32(25,28)29)26-21(27)11-15-7-5-6-8-18(15)24/h5-10,12,17H,11,13-14H2,1-4H3,(H,26,27)(H2,25,28,29). The Kier molecular flexibility index (Phi) is 6.91. The molecule has 2 aromatic rings. The Bertz CT molecular complexity index is 1100. The zero-order chi connectivity index (χ0) is 23.7. The molecule has 7 nitrogen and oxygen atoms in total. The van der Waals surface area contributed by atoms with Gasteiger partial charge < -0.3 is 14.8 Å². The second-order valence-corrected chi connectivity index (χ2v) is 11.2. The molecule has 0 unspecified atom stereocenters. The lowest BCUT2D eigenvalue weighted by Gasteiger charge is -2.45. The van der Waals surface area contributed by atoms with Gasteiger partial charge in [0.15, 0.2) is 0 Å². The topological polar surface area (TPSA) is 108 Å². The van der Waals surface area contributed by atoms with E-state index < -0.39 is 21.2 Å². The van der Waals surface area contributed by atoms with Crippen LogP contribution in [0.25, 0.3) is 0 Å². The van der Waals surface area contributed by atoms with Gasteiger partial charge in [-0.1, -0.05) is 29.8 Å². The van der Waals surface area contributed by atoms with Crippen LogP contribution in [0, 0.1) is 0 Å². The number of carbonyl (C=O) groups is 1. The minimum Gasteiger partial charge on any atom is -0.489 e. The predicted octanol–water partition coefficient (Wildman–Crippen LogP) is 4.28. The normalized spacial score (nSPS) is 18.2. The average Bonchev–Trinajstić information content (AvgIpc) is 2.61. The molecule has 0 aromatic heterocycles. The van der Waals surface area contributed by atoms with E-state index in [2.05, 4.69) is 5.32 Å². The molecule has 3 N–H and O–H groups in total. The van der Waals surface area contributed by atoms with Crippen LogP contribution in [-0.4, -0.2) is 31.6 Å². The van der Waals surface area contributed by atoms with Gasteiger partial charge in [-0.2, -0.15) is 0 Å². The summed E-state index contributed by atoms with van der Waals surface area (Å²) in [5.74, 6) is -0.185. The number of halogens is 1. The lowest BCUT2D eigenvalue weighted by atomic mass is 9.87. The Morgan fingerprint density at radius 1 is 1.16 bits per heavy atom. The molecule has 1 fully saturated rings. The highest BCUT2D eigenvalue weighted by Gasteiger charge is 2.40. The molecule has 174 valence electrons. The number of nitrogens with one attached hydrogen (secondary N) is 1. The van der Waals surface area contributed by atoms with Gasteiger partial charge in [0, 0.05) is 23.6 Å². The SMILES string of the molecule is CC1(C)CC(Oc2ccc(NC(=O)Cc3ccccc3Cl)cc2S(N)(=O)=O)CC(C)(C)O1. The van der Waals surface area contributed by atoms with E-state index >= 15 is 0 Å². The van der Waals surface area contributed by atoms with Crippen LogP contribution < -0.4 is 15.2 Å². The molecular weight excluding hydrogens is 452 g/mol. The number of ether oxygens (including phenoxy) is 2. The predicted molar refractivity (Wildman–Crippen MR) is 124 cm³/mol. The number of sulfonamides is 1. The molecule has 32 heavy (non-hydrogen) atoms. The van der Waals surface area contributed by atoms with Crippen molar-refractivity contribution in [3.63, 3.8) is 0 Å². The Morgan fingerprint density at radius 2 is 1.78 bits per heavy atom. The van der Waals surface area contributed by atoms with Crippen molar-refractivity contribution >= 4 is 33.2 Å². The van der Waals surface area contributed by atoms with Crippen molar-refractivity contribution in [2.45, 2.75) is 69.2 Å². The second-order valence-electron chi connectivity index (χ2n) is 9.29. The summed E-state index contributed by atoms with van der Waals surface area (Å²) in [7, 11) is -4.09. The Labute approximate surface area is 194 Å². The van der Waals surface area contributed by atoms with Gasteiger partial charge in [0.2, 0.25) is 15.9 Å². The maximum atomic E-state index is 12.4. The minimum absolute atomic E-state index is 0.0505. The molecule has 1 aliphatic heterocycles. The number of hydrogen-bond donors (Lipinski definition) is 2. The van der Waals surface area contributed by atoms with Crippen LogP contribution in [0.4, 0.5) is 5.69 Å². The van der Waals surface area contributed by atoms with Crippen LogP contribution in [0.5, 0.6) is 5.75 Å². The quantitative estimate of drug-likeness (QED) is 0.641. The number of amides is 1. The van der Waals surface area contributed by atoms with E-state index in [-0.39, 0.29) is 29.1 Å². The van der Waals surface area contributed by atoms with Crippen molar-refractivity contribution in [3.05, 3.63) is 53.1 Å². The van der Waals surface area contributed by atoms with Crippen LogP contribution >= 0.6 is 11.6 Å². The zero-order valence-electron chi connectivity index (χ0n) is 18.6. The van der Waals surface area contributed by atoms with Gasteiger partial charge in [-0.05, 0) is 57.5 Å². The van der Waals surface area contributed by atoms with E-state index in [0.29, 0.717) is 29.1 Å². The summed E-state index contributed by atoms with van der Waals surface area (Å²) in [5.41, 5.74) is 0.135. The monoisotopic (exact) mass is 480 g/mol. The van der Waals surface area contributed by atoms with Gasteiger partial charge in [0.05, 0.1) is 17.6 Å². The van der Waals surface area contributed by atoms with E-state index in [9.17, 15) is 13.2 Å². The van der Waals surface area contributed by atoms with Crippen molar-refractivity contribution in [2.24, 2.45) is 5.14 Å². The third-order valence-electron chi connectivity index (χ3n) is 5.13. The van der Waals surface area contributed by atoms with E-state index in [4.69, 9.17) is 26.2 Å². The fourth-order valence-corrected chi connectivity index (χ4v) is 5.08. The molecule has 1 amide bonds. The van der Waals surface area contributed by atoms with Gasteiger partial charge in [-0.25, -0.2) is 13.6 Å². The molecule has 0 radical (unpaired) electrons. The van der Waals surface area contributed by atoms with Crippen molar-refractivity contribution in [1.82, 2.24) is 0 Å². The number of benzene rings is 2. The summed E-state index contributed by atoms with van der Waals surface area (Å²) in [4.78, 5) is 12.3. The van der Waals surface area contributed by atoms with Gasteiger partial charge in [0.1, 0.15) is 16.7 Å². The minimum atomic E-state index is -4.09. The average molecular weight is 481 g/mol. The van der Waals surface area contributed by atoms with E-state index in [1.54, 1.807) is 30.3 Å². The first-order chi connectivity index (χ1) is 14.7. The van der Waals surface area contributed by atoms with E-state index in [1.165, 1.54) is 12.1 Å². The summed E-state index contributed by atoms with van der Waals surface area (Å²) < 4.78 is 36.7. The third-order valence-corrected chi connectivity index (χ3v) is 6.43. The lowest BCUT2D eigenvalue weighted by molar-refractivity contribution is -0.182. The molecule has 2 aromatic carbocycles. The van der Waals surface area contributed by atoms with Crippen LogP contribution in [0.1, 0.15) is 46.1 Å². The summed E-state index contributed by atoms with van der Waals surface area (Å²) in [6.45, 7) is 7.90. The molecule has 0 spiro atoms. The molecule has 1 saturated heterocycles. The van der Waals surface area contributed by atoms with Crippen LogP contribution in [0.2, 0.25) is 5.02 Å². The van der Waals surface area contributed by atoms with Crippen LogP contribution in [-0.2, 0) is 26.0 Å². The number of nitrogens with two attached hydrogens (primary N) is 1. The first-order valence-electron chi connectivity index (χ1n) is 10.3. The highest BCUT2D eigenvalue weighted by atomic mass is 35.5. The third kappa shape index (κ3) is 6.45. The first kappa shape index (κ1) is 24.5. The molecule has 0 bridgehead atoms. The van der Waals surface area contributed by atoms with Crippen LogP contribution in [0.15, 0.2) is 47.4 Å². The van der Waals surface area contributed by atoms with Crippen molar-refractivity contribution in [1.29, 1.82) is 0 Å². The van der Waals surface area contributed by atoms with E-state index in [1.807, 2.05) is 27.7 Å². The molecular formula is C23H29ClN2O5S. The van der Waals surface area contributed by atoms with Crippen molar-refractivity contribution in [3.8, 4) is 5.75 Å². The molecule has 0 aliphatic carbocycles. The Hall–Kier alpha value is -2.13. The Morgan fingerprint density at radius 3 is 2.38 bits per heavy atom. The molecule has 1 aliphatic rings. The summed E-state index contributed by atoms with van der Waals surface area (Å²) in [6.07, 6.45) is 0.984. The second kappa shape index (κ2) is 9.02. The smallest absolute Gasteiger partial charge is 0.241 e. The maximum absolute atomic E-state index is 12.4. The fraction of sp³-hybridized carbons (Fsp3) is 0.435. The van der Waals surface area contributed by atoms with Gasteiger partial charge in [0.25, 0.3) is 0 Å². The number of carbonyl (C=O) groups excluding carboxylic acids is 1. The Balaban J connectivity index is 1.81. The molecule has 0 saturated carbocycles. The molecule has 9 heteroatoms. The number of anilines is 1. The summed E-state index contributed by atoms with van der Waals surface area (Å²) in [6, 6.07) is 11.4. The zero-order valence-corrected chi connectivity index (χ0v) is 20.2. The van der Waals surface area contributed by atoms with Gasteiger partial charge in [-0.3, -0.25) is 4.79 Å². The summed E-state index contributed by atoms with van der Waals surface area (Å²) in [5, 5.41) is 8.63. The van der Waals surface area contributed by atoms with Gasteiger partial charge >= 0.3 is 0 Å². The number of primary sulfonamides is 1.